The molecule has 0 aliphatic carbocycles. The van der Waals surface area contributed by atoms with E-state index in [0.717, 1.165) is 53.9 Å². The lowest BCUT2D eigenvalue weighted by atomic mass is 10.0. The average Bonchev–Trinajstić information content (AvgIpc) is 0.881. The quantitative estimate of drug-likeness (QED) is 0.0199. The van der Waals surface area contributed by atoms with Crippen molar-refractivity contribution in [2.75, 3.05) is 229 Å². The molecule has 0 spiro atoms. The summed E-state index contributed by atoms with van der Waals surface area (Å²) in [5, 5.41) is 210. The molecule has 0 bridgehead atoms. The summed E-state index contributed by atoms with van der Waals surface area (Å²) < 4.78 is 0. The van der Waals surface area contributed by atoms with Crippen LogP contribution in [0.15, 0.2) is 0 Å². The Bertz CT molecular complexity index is 4130. The molecule has 0 fully saturated rings. The van der Waals surface area contributed by atoms with Gasteiger partial charge in [0.1, 0.15) is 36.3 Å². The van der Waals surface area contributed by atoms with Crippen LogP contribution in [0.3, 0.4) is 0 Å². The molecule has 63 nitrogen and oxygen atoms in total. The number of carboxylic acids is 19. The Morgan fingerprint density at radius 3 is 0.588 bits per heavy atom. The smallest absolute Gasteiger partial charge is 0.320 e. The molecule has 148 heavy (non-hydrogen) atoms. The van der Waals surface area contributed by atoms with E-state index in [1.54, 1.807) is 0 Å². The van der Waals surface area contributed by atoms with Crippen molar-refractivity contribution in [1.82, 2.24) is 90.7 Å². The minimum absolute atomic E-state index is 0.00512. The van der Waals surface area contributed by atoms with Crippen molar-refractivity contribution in [2.24, 2.45) is 0 Å². The number of hydrogen-bond acceptors (Lipinski definition) is 38. The number of amides is 6. The van der Waals surface area contributed by atoms with Gasteiger partial charge in [-0.3, -0.25) is 179 Å². The van der Waals surface area contributed by atoms with Gasteiger partial charge < -0.3 is 134 Å². The van der Waals surface area contributed by atoms with Crippen molar-refractivity contribution in [3.63, 3.8) is 0 Å². The Hall–Kier alpha value is -13.8. The number of carboxylic acid groups (broad SMARTS) is 19. The van der Waals surface area contributed by atoms with Crippen molar-refractivity contribution in [1.29, 1.82) is 0 Å². The number of rotatable bonds is 95. The largest absolute Gasteiger partial charge is 0.480 e. The van der Waals surface area contributed by atoms with Crippen LogP contribution in [0.25, 0.3) is 0 Å². The van der Waals surface area contributed by atoms with Gasteiger partial charge in [-0.2, -0.15) is 0 Å². The van der Waals surface area contributed by atoms with Crippen LogP contribution >= 0.6 is 0 Å². The Morgan fingerprint density at radius 1 is 0.203 bits per heavy atom. The number of hydrogen-bond donors (Lipinski definition) is 26. The summed E-state index contributed by atoms with van der Waals surface area (Å²) in [6, 6.07) is -10.4. The molecular formula is C85H140N18O45. The van der Waals surface area contributed by atoms with Gasteiger partial charge in [0.15, 0.2) is 0 Å². The summed E-state index contributed by atoms with van der Waals surface area (Å²) in [6.07, 6.45) is -4.85. The zero-order valence-corrected chi connectivity index (χ0v) is 81.8. The molecule has 0 aliphatic heterocycles. The van der Waals surface area contributed by atoms with Crippen molar-refractivity contribution in [3.05, 3.63) is 0 Å². The molecule has 0 saturated carbocycles. The second-order valence-electron chi connectivity index (χ2n) is 34.4. The fourth-order valence-electron chi connectivity index (χ4n) is 15.3. The van der Waals surface area contributed by atoms with E-state index in [9.17, 15) is 222 Å². The molecule has 0 rings (SSSR count). The van der Waals surface area contributed by atoms with Gasteiger partial charge >= 0.3 is 113 Å². The number of aliphatic hydroxyl groups excluding tert-OH is 1. The van der Waals surface area contributed by atoms with Crippen LogP contribution in [0.1, 0.15) is 116 Å². The van der Waals surface area contributed by atoms with Crippen LogP contribution in [-0.4, -0.2) is 581 Å². The molecule has 7 atom stereocenters. The predicted octanol–water partition coefficient (Wildman–Crippen LogP) is -9.90. The average molecular weight is 2130 g/mol. The number of unbranched alkanes of at least 4 members (excludes halogenated alkanes) is 3. The van der Waals surface area contributed by atoms with E-state index in [1.807, 2.05) is 0 Å². The Morgan fingerprint density at radius 2 is 0.385 bits per heavy atom. The molecule has 0 radical (unpaired) electrons. The molecule has 840 valence electrons. The SMILES string of the molecule is C[C@H](CCCCNC(=O)[C@H](CCCCNC(=O)CCC(C(=O)O)N(CCN(CC(=O)O)CC(=O)O)CCN(CC(=O)O)CC(=O)O)NC(=O)CCC(C(=O)O)N(CCN(CC(=O)O)CC(=O)O)CCN(CC(=O)O)CC(=O)O)NC(=O)[C@H](CCCCNC(=O)CCC(C(=O)O)N(CCN(CO)CC(=O)O)CCN(CC(=O)O)CC(=O)O)NC(=O)CCC(C(=O)O)N(CCN(CC(=O)O)CC(=O)O)CCN(CC(=O)O)CC(=O)O. The van der Waals surface area contributed by atoms with E-state index >= 15 is 0 Å². The molecule has 0 aromatic rings. The molecular weight excluding hydrogens is 1990 g/mol. The molecule has 26 N–H and O–H groups in total. The minimum atomic E-state index is -1.74. The highest BCUT2D eigenvalue weighted by Crippen LogP contribution is 2.18. The first-order valence-electron chi connectivity index (χ1n) is 46.6. The van der Waals surface area contributed by atoms with Crippen LogP contribution in [0.4, 0.5) is 0 Å². The van der Waals surface area contributed by atoms with Crippen molar-refractivity contribution in [2.45, 2.75) is 158 Å². The number of carbonyl (C=O) groups is 25. The van der Waals surface area contributed by atoms with Gasteiger partial charge in [-0.05, 0) is 90.4 Å². The van der Waals surface area contributed by atoms with E-state index in [0.29, 0.717) is 0 Å². The zero-order chi connectivity index (χ0) is 112. The number of nitrogens with zero attached hydrogens (tertiary/aromatic N) is 12. The predicted molar refractivity (Wildman–Crippen MR) is 499 cm³/mol. The van der Waals surface area contributed by atoms with Crippen molar-refractivity contribution < 1.29 is 222 Å². The van der Waals surface area contributed by atoms with Crippen LogP contribution in [0.2, 0.25) is 0 Å². The van der Waals surface area contributed by atoms with E-state index in [2.05, 4.69) is 31.9 Å². The third-order valence-corrected chi connectivity index (χ3v) is 22.2. The molecule has 0 heterocycles. The highest BCUT2D eigenvalue weighted by Gasteiger charge is 2.36. The minimum Gasteiger partial charge on any atom is -0.480 e. The molecule has 0 aliphatic rings. The second kappa shape index (κ2) is 75.0. The number of nitrogens with one attached hydrogen (secondary N) is 6. The summed E-state index contributed by atoms with van der Waals surface area (Å²) in [5.41, 5.74) is 0. The van der Waals surface area contributed by atoms with Crippen LogP contribution < -0.4 is 31.9 Å². The van der Waals surface area contributed by atoms with Crippen molar-refractivity contribution in [3.8, 4) is 0 Å². The van der Waals surface area contributed by atoms with Gasteiger partial charge in [0, 0.05) is 156 Å². The number of carbonyl (C=O) groups excluding carboxylic acids is 6. The molecule has 0 aromatic heterocycles. The normalized spacial score (nSPS) is 13.0. The summed E-state index contributed by atoms with van der Waals surface area (Å²) in [5.74, 6) is -33.5. The molecule has 0 aromatic carbocycles. The molecule has 0 saturated heterocycles. The lowest BCUT2D eigenvalue weighted by Gasteiger charge is -2.32. The first-order valence-corrected chi connectivity index (χ1v) is 46.6. The van der Waals surface area contributed by atoms with Gasteiger partial charge in [0.05, 0.1) is 105 Å². The monoisotopic (exact) mass is 2130 g/mol. The highest BCUT2D eigenvalue weighted by atomic mass is 16.4. The maximum Gasteiger partial charge on any atom is 0.320 e. The Balaban J connectivity index is 7.65. The topological polar surface area (TPSA) is 942 Å². The Labute approximate surface area is 846 Å². The zero-order valence-electron chi connectivity index (χ0n) is 81.8. The lowest BCUT2D eigenvalue weighted by Crippen LogP contribution is -2.51. The van der Waals surface area contributed by atoms with Crippen LogP contribution in [0, 0.1) is 0 Å². The number of aliphatic hydroxyl groups is 1. The highest BCUT2D eigenvalue weighted by molar-refractivity contribution is 5.90. The Kier molecular flexibility index (Phi) is 68.0. The number of aliphatic carboxylic acids is 19. The van der Waals surface area contributed by atoms with Crippen LogP contribution in [-0.2, 0) is 120 Å². The molecule has 63 heteroatoms. The summed E-state index contributed by atoms with van der Waals surface area (Å²) in [7, 11) is 0. The fourth-order valence-corrected chi connectivity index (χ4v) is 15.3. The van der Waals surface area contributed by atoms with E-state index in [4.69, 9.17) is 0 Å². The van der Waals surface area contributed by atoms with E-state index < -0.39 is 426 Å². The molecule has 6 amide bonds. The van der Waals surface area contributed by atoms with Gasteiger partial charge in [0.25, 0.3) is 0 Å². The molecule has 4 unspecified atom stereocenters. The summed E-state index contributed by atoms with van der Waals surface area (Å²) in [4.78, 5) is 323. The maximum absolute atomic E-state index is 14.4. The van der Waals surface area contributed by atoms with Crippen molar-refractivity contribution >= 4 is 149 Å². The second-order valence-corrected chi connectivity index (χ2v) is 34.4. The fraction of sp³-hybridized carbons (Fsp3) is 0.706. The van der Waals surface area contributed by atoms with E-state index in [-0.39, 0.29) is 104 Å². The summed E-state index contributed by atoms with van der Waals surface area (Å²) >= 11 is 0. The standard InChI is InChI=1S/C85H140N18O45/c1-54(89-81(140)56(91-64(108)18-14-60(85(147)148)102(34-26-96(46-73(125)126)47-74(127)128)35-27-97(48-75(129)130)49-76(131)132)10-4-7-20-87-62(106)16-12-58(83(143)144)103(37-29-99(53-104)52-79(137)138)36-28-98(50-77(133)134)51-78(135)136)8-2-5-21-88-80(139)55(90-63(107)17-13-59(84(145)146)101(32-24-94(42-69(117)118)43-70(119)120)33-25-95(44-71(121)122)45-72(123)124)9-3-6-19-86-61(105)15-11-57(82(141)142)100(30-22-92(38-65(109)110)39-66(111)112)31-23-93(40-67(113)114)41-68(115)116/h54-60,104H,2-53H2,1H3,(H,86,105)(H,87,106)(H,88,139)(H,89,140)(H,90,107)(H,91,108)(H,109,110)(H,111,112)(H,113,114)(H,115,116)(H,117,118)(H,119,120)(H,121,122)(H,123,124)(H,125,126)(H,127,128)(H,129,130)(H,131,132)(H,133,134)(H,135,136)(H,137,138)(H,141,142)(H,143,144)(H,145,146)(H,147,148)/t54-,55+,56+,57?,58?,59?,60?/m1/s1. The third-order valence-electron chi connectivity index (χ3n) is 22.2. The van der Waals surface area contributed by atoms with Gasteiger partial charge in [-0.15, -0.1) is 0 Å². The van der Waals surface area contributed by atoms with Gasteiger partial charge in [-0.1, -0.05) is 0 Å². The lowest BCUT2D eigenvalue weighted by molar-refractivity contribution is -0.146. The van der Waals surface area contributed by atoms with Crippen LogP contribution in [0.5, 0.6) is 0 Å². The summed E-state index contributed by atoms with van der Waals surface area (Å²) in [6.45, 7) is -19.0. The third kappa shape index (κ3) is 67.1. The maximum atomic E-state index is 14.4. The first kappa shape index (κ1) is 134. The first-order chi connectivity index (χ1) is 69.4. The van der Waals surface area contributed by atoms with Gasteiger partial charge in [0.2, 0.25) is 35.4 Å². The van der Waals surface area contributed by atoms with Gasteiger partial charge in [-0.25, -0.2) is 0 Å². The van der Waals surface area contributed by atoms with E-state index in [1.165, 1.54) is 11.8 Å².